The lowest BCUT2D eigenvalue weighted by atomic mass is 9.91. The Morgan fingerprint density at radius 3 is 2.59 bits per heavy atom. The zero-order valence-electron chi connectivity index (χ0n) is 9.71. The van der Waals surface area contributed by atoms with E-state index in [1.807, 2.05) is 0 Å². The number of rotatable bonds is 2. The van der Waals surface area contributed by atoms with Crippen LogP contribution in [0.15, 0.2) is 0 Å². The highest BCUT2D eigenvalue weighted by Gasteiger charge is 2.50. The third-order valence-corrected chi connectivity index (χ3v) is 3.12. The number of carbonyl (C=O) groups excluding carboxylic acids is 1. The van der Waals surface area contributed by atoms with Gasteiger partial charge in [0.1, 0.15) is 0 Å². The van der Waals surface area contributed by atoms with Crippen LogP contribution in [0.25, 0.3) is 0 Å². The predicted octanol–water partition coefficient (Wildman–Crippen LogP) is 1.87. The van der Waals surface area contributed by atoms with Crippen LogP contribution in [0.4, 0.5) is 8.78 Å². The van der Waals surface area contributed by atoms with Crippen molar-refractivity contribution in [2.75, 3.05) is 13.2 Å². The molecule has 1 heterocycles. The summed E-state index contributed by atoms with van der Waals surface area (Å²) in [5.74, 6) is -5.97. The van der Waals surface area contributed by atoms with Crippen LogP contribution in [0.2, 0.25) is 0 Å². The lowest BCUT2D eigenvalue weighted by Crippen LogP contribution is -2.49. The van der Waals surface area contributed by atoms with Crippen molar-refractivity contribution >= 4 is 5.97 Å². The Hall–Kier alpha value is -0.750. The molecule has 4 nitrogen and oxygen atoms in total. The molecule has 1 unspecified atom stereocenters. The number of alkyl halides is 2. The summed E-state index contributed by atoms with van der Waals surface area (Å²) in [5, 5.41) is 0. The molecule has 1 aliphatic heterocycles. The highest BCUT2D eigenvalue weighted by molar-refractivity contribution is 5.77. The first kappa shape index (κ1) is 12.7. The molecule has 1 saturated heterocycles. The van der Waals surface area contributed by atoms with E-state index in [1.165, 1.54) is 0 Å². The Morgan fingerprint density at radius 2 is 2.00 bits per heavy atom. The average molecular weight is 250 g/mol. The Balaban J connectivity index is 2.05. The second-order valence-corrected chi connectivity index (χ2v) is 4.54. The van der Waals surface area contributed by atoms with Gasteiger partial charge in [-0.1, -0.05) is 0 Å². The van der Waals surface area contributed by atoms with Crippen molar-refractivity contribution < 1.29 is 27.8 Å². The van der Waals surface area contributed by atoms with Gasteiger partial charge in [0.15, 0.2) is 6.10 Å². The molecule has 1 aliphatic carbocycles. The van der Waals surface area contributed by atoms with Crippen LogP contribution in [-0.2, 0) is 19.0 Å². The molecule has 0 radical (unpaired) electrons. The van der Waals surface area contributed by atoms with Gasteiger partial charge in [-0.3, -0.25) is 0 Å². The number of hydrogen-bond acceptors (Lipinski definition) is 4. The fourth-order valence-electron chi connectivity index (χ4n) is 2.26. The van der Waals surface area contributed by atoms with Crippen LogP contribution >= 0.6 is 0 Å². The Kier molecular flexibility index (Phi) is 3.36. The lowest BCUT2D eigenvalue weighted by molar-refractivity contribution is -0.252. The van der Waals surface area contributed by atoms with Crippen LogP contribution in [0.3, 0.4) is 0 Å². The van der Waals surface area contributed by atoms with Crippen LogP contribution in [-0.4, -0.2) is 37.0 Å². The van der Waals surface area contributed by atoms with Crippen molar-refractivity contribution in [2.45, 2.75) is 50.4 Å². The van der Waals surface area contributed by atoms with Gasteiger partial charge in [0.05, 0.1) is 13.2 Å². The lowest BCUT2D eigenvalue weighted by Gasteiger charge is -2.38. The summed E-state index contributed by atoms with van der Waals surface area (Å²) < 4.78 is 41.4. The van der Waals surface area contributed by atoms with E-state index in [9.17, 15) is 13.6 Å². The first-order valence-electron chi connectivity index (χ1n) is 5.81. The molecule has 98 valence electrons. The normalized spacial score (nSPS) is 28.3. The standard InChI is InChI=1S/C11H16F2O4/c1-10(12,13)9(14)17-8-4-2-3-5-11(8)15-6-7-16-11/h8H,2-7H2,1H3. The number of hydrogen-bond donors (Lipinski definition) is 0. The maximum atomic E-state index is 12.8. The van der Waals surface area contributed by atoms with E-state index in [2.05, 4.69) is 0 Å². The second-order valence-electron chi connectivity index (χ2n) is 4.54. The van der Waals surface area contributed by atoms with E-state index >= 15 is 0 Å². The number of esters is 1. The summed E-state index contributed by atoms with van der Waals surface area (Å²) >= 11 is 0. The van der Waals surface area contributed by atoms with E-state index in [1.54, 1.807) is 0 Å². The van der Waals surface area contributed by atoms with Crippen molar-refractivity contribution in [1.29, 1.82) is 0 Å². The van der Waals surface area contributed by atoms with Crippen molar-refractivity contribution in [2.24, 2.45) is 0 Å². The molecular formula is C11H16F2O4. The van der Waals surface area contributed by atoms with E-state index in [0.29, 0.717) is 33.0 Å². The van der Waals surface area contributed by atoms with E-state index in [-0.39, 0.29) is 0 Å². The highest BCUT2D eigenvalue weighted by atomic mass is 19.3. The molecule has 1 spiro atoms. The Morgan fingerprint density at radius 1 is 1.35 bits per heavy atom. The van der Waals surface area contributed by atoms with Crippen molar-refractivity contribution in [3.05, 3.63) is 0 Å². The van der Waals surface area contributed by atoms with Crippen molar-refractivity contribution in [3.63, 3.8) is 0 Å². The first-order chi connectivity index (χ1) is 7.94. The van der Waals surface area contributed by atoms with Gasteiger partial charge in [-0.25, -0.2) is 4.79 Å². The summed E-state index contributed by atoms with van der Waals surface area (Å²) in [6, 6.07) is 0. The fourth-order valence-corrected chi connectivity index (χ4v) is 2.26. The molecule has 0 aromatic heterocycles. The monoisotopic (exact) mass is 250 g/mol. The van der Waals surface area contributed by atoms with Crippen LogP contribution < -0.4 is 0 Å². The first-order valence-corrected chi connectivity index (χ1v) is 5.81. The van der Waals surface area contributed by atoms with E-state index in [0.717, 1.165) is 12.8 Å². The van der Waals surface area contributed by atoms with Gasteiger partial charge in [-0.15, -0.1) is 0 Å². The van der Waals surface area contributed by atoms with Gasteiger partial charge in [0.25, 0.3) is 0 Å². The highest BCUT2D eigenvalue weighted by Crippen LogP contribution is 2.38. The van der Waals surface area contributed by atoms with Gasteiger partial charge in [0.2, 0.25) is 5.79 Å². The smallest absolute Gasteiger partial charge is 0.377 e. The minimum Gasteiger partial charge on any atom is -0.452 e. The molecule has 0 N–H and O–H groups in total. The fraction of sp³-hybridized carbons (Fsp3) is 0.909. The quantitative estimate of drug-likeness (QED) is 0.702. The molecule has 0 amide bonds. The van der Waals surface area contributed by atoms with Gasteiger partial charge >= 0.3 is 11.9 Å². The van der Waals surface area contributed by atoms with Crippen LogP contribution in [0, 0.1) is 0 Å². The molecule has 2 fully saturated rings. The number of ether oxygens (including phenoxy) is 3. The molecule has 6 heteroatoms. The Labute approximate surface area is 98.2 Å². The molecule has 1 saturated carbocycles. The van der Waals surface area contributed by atoms with Gasteiger partial charge < -0.3 is 14.2 Å². The zero-order valence-corrected chi connectivity index (χ0v) is 9.71. The zero-order chi connectivity index (χ0) is 12.5. The number of carbonyl (C=O) groups is 1. The van der Waals surface area contributed by atoms with Crippen LogP contribution in [0.5, 0.6) is 0 Å². The Bertz CT molecular complexity index is 294. The maximum Gasteiger partial charge on any atom is 0.377 e. The molecule has 1 atom stereocenters. The van der Waals surface area contributed by atoms with Gasteiger partial charge in [0, 0.05) is 13.3 Å². The molecule has 0 aromatic carbocycles. The maximum absolute atomic E-state index is 12.8. The molecule has 2 aliphatic rings. The number of halogens is 2. The van der Waals surface area contributed by atoms with Crippen molar-refractivity contribution in [1.82, 2.24) is 0 Å². The van der Waals surface area contributed by atoms with Gasteiger partial charge in [-0.05, 0) is 19.3 Å². The largest absolute Gasteiger partial charge is 0.452 e. The third-order valence-electron chi connectivity index (χ3n) is 3.12. The molecule has 0 aromatic rings. The summed E-state index contributed by atoms with van der Waals surface area (Å²) in [7, 11) is 0. The third kappa shape index (κ3) is 2.57. The minimum absolute atomic E-state index is 0.413. The summed E-state index contributed by atoms with van der Waals surface area (Å²) in [4.78, 5) is 11.2. The summed E-state index contributed by atoms with van der Waals surface area (Å²) in [5.41, 5.74) is 0. The SMILES string of the molecule is CC(F)(F)C(=O)OC1CCCCC12OCCO2. The molecular weight excluding hydrogens is 234 g/mol. The van der Waals surface area contributed by atoms with Crippen LogP contribution in [0.1, 0.15) is 32.6 Å². The van der Waals surface area contributed by atoms with E-state index in [4.69, 9.17) is 14.2 Å². The summed E-state index contributed by atoms with van der Waals surface area (Å²) in [6.07, 6.45) is 2.07. The van der Waals surface area contributed by atoms with Gasteiger partial charge in [-0.2, -0.15) is 8.78 Å². The minimum atomic E-state index is -3.47. The van der Waals surface area contributed by atoms with Crippen molar-refractivity contribution in [3.8, 4) is 0 Å². The molecule has 17 heavy (non-hydrogen) atoms. The predicted molar refractivity (Wildman–Crippen MR) is 53.6 cm³/mol. The topological polar surface area (TPSA) is 44.8 Å². The van der Waals surface area contributed by atoms with E-state index < -0.39 is 23.8 Å². The summed E-state index contributed by atoms with van der Waals surface area (Å²) in [6.45, 7) is 1.36. The molecule has 2 rings (SSSR count). The average Bonchev–Trinajstić information content (AvgIpc) is 2.70. The second kappa shape index (κ2) is 4.49. The molecule has 0 bridgehead atoms.